The van der Waals surface area contributed by atoms with Crippen LogP contribution in [-0.4, -0.2) is 15.0 Å². The molecule has 0 aliphatic heterocycles. The molecule has 1 fully saturated rings. The third-order valence-electron chi connectivity index (χ3n) is 3.00. The zero-order chi connectivity index (χ0) is 12.6. The number of rotatable bonds is 4. The molecule has 3 nitrogen and oxygen atoms in total. The highest BCUT2D eigenvalue weighted by atomic mass is 79.9. The second kappa shape index (κ2) is 4.88. The lowest BCUT2D eigenvalue weighted by molar-refractivity contribution is 0.574. The maximum Gasteiger partial charge on any atom is 0.242 e. The molecular weight excluding hydrogens is 326 g/mol. The van der Waals surface area contributed by atoms with Crippen LogP contribution in [0.15, 0.2) is 27.6 Å². The van der Waals surface area contributed by atoms with E-state index >= 15 is 0 Å². The van der Waals surface area contributed by atoms with E-state index in [9.17, 15) is 8.42 Å². The number of hydrogen-bond acceptors (Lipinski definition) is 2. The molecule has 2 atom stereocenters. The van der Waals surface area contributed by atoms with Crippen molar-refractivity contribution in [2.75, 3.05) is 6.54 Å². The molecule has 2 rings (SSSR count). The average Bonchev–Trinajstić information content (AvgIpc) is 2.91. The Morgan fingerprint density at radius 3 is 2.71 bits per heavy atom. The van der Waals surface area contributed by atoms with Gasteiger partial charge in [0.05, 0.1) is 5.02 Å². The van der Waals surface area contributed by atoms with Crippen molar-refractivity contribution >= 4 is 37.6 Å². The van der Waals surface area contributed by atoms with Gasteiger partial charge in [0.25, 0.3) is 0 Å². The Morgan fingerprint density at radius 1 is 1.53 bits per heavy atom. The van der Waals surface area contributed by atoms with Crippen molar-refractivity contribution in [3.8, 4) is 0 Å². The Kier molecular flexibility index (Phi) is 3.83. The Labute approximate surface area is 115 Å². The summed E-state index contributed by atoms with van der Waals surface area (Å²) in [7, 11) is -3.49. The summed E-state index contributed by atoms with van der Waals surface area (Å²) in [6.07, 6.45) is 1.09. The molecule has 1 aliphatic carbocycles. The van der Waals surface area contributed by atoms with Gasteiger partial charge < -0.3 is 0 Å². The van der Waals surface area contributed by atoms with Crippen molar-refractivity contribution in [3.05, 3.63) is 27.7 Å². The van der Waals surface area contributed by atoms with Gasteiger partial charge in [0, 0.05) is 11.0 Å². The Balaban J connectivity index is 2.13. The molecule has 6 heteroatoms. The first-order valence-electron chi connectivity index (χ1n) is 5.35. The number of benzene rings is 1. The second-order valence-corrected chi connectivity index (χ2v) is 7.46. The van der Waals surface area contributed by atoms with Crippen LogP contribution in [-0.2, 0) is 10.0 Å². The lowest BCUT2D eigenvalue weighted by Gasteiger charge is -2.08. The average molecular weight is 339 g/mol. The predicted octanol–water partition coefficient (Wildman–Crippen LogP) is 3.04. The molecule has 1 aromatic carbocycles. The largest absolute Gasteiger partial charge is 0.242 e. The molecule has 17 heavy (non-hydrogen) atoms. The van der Waals surface area contributed by atoms with Gasteiger partial charge >= 0.3 is 0 Å². The van der Waals surface area contributed by atoms with Crippen LogP contribution in [0.25, 0.3) is 0 Å². The normalized spacial score (nSPS) is 23.7. The van der Waals surface area contributed by atoms with Crippen LogP contribution in [0.3, 0.4) is 0 Å². The van der Waals surface area contributed by atoms with Gasteiger partial charge in [-0.2, -0.15) is 0 Å². The number of sulfonamides is 1. The molecule has 0 spiro atoms. The van der Waals surface area contributed by atoms with Crippen LogP contribution in [0.4, 0.5) is 0 Å². The van der Waals surface area contributed by atoms with E-state index in [1.807, 2.05) is 0 Å². The van der Waals surface area contributed by atoms with Crippen LogP contribution in [0.2, 0.25) is 5.02 Å². The maximum absolute atomic E-state index is 12.0. The van der Waals surface area contributed by atoms with Crippen molar-refractivity contribution in [2.24, 2.45) is 11.8 Å². The minimum Gasteiger partial charge on any atom is -0.211 e. The molecule has 0 bridgehead atoms. The fourth-order valence-electron chi connectivity index (χ4n) is 1.67. The smallest absolute Gasteiger partial charge is 0.211 e. The van der Waals surface area contributed by atoms with Crippen LogP contribution in [0.1, 0.15) is 13.3 Å². The first-order chi connectivity index (χ1) is 7.90. The molecule has 0 aromatic heterocycles. The topological polar surface area (TPSA) is 46.2 Å². The van der Waals surface area contributed by atoms with Gasteiger partial charge in [-0.1, -0.05) is 34.5 Å². The summed E-state index contributed by atoms with van der Waals surface area (Å²) < 4.78 is 27.3. The number of nitrogens with one attached hydrogen (secondary N) is 1. The summed E-state index contributed by atoms with van der Waals surface area (Å²) in [5.74, 6) is 1.09. The summed E-state index contributed by atoms with van der Waals surface area (Å²) in [6.45, 7) is 2.61. The van der Waals surface area contributed by atoms with Gasteiger partial charge in [-0.25, -0.2) is 13.1 Å². The summed E-state index contributed by atoms with van der Waals surface area (Å²) in [6, 6.07) is 4.75. The zero-order valence-electron chi connectivity index (χ0n) is 9.28. The van der Waals surface area contributed by atoms with E-state index in [0.717, 1.165) is 10.9 Å². The minimum atomic E-state index is -3.49. The summed E-state index contributed by atoms with van der Waals surface area (Å²) in [5.41, 5.74) is 0. The van der Waals surface area contributed by atoms with E-state index in [2.05, 4.69) is 27.6 Å². The van der Waals surface area contributed by atoms with Crippen LogP contribution in [0.5, 0.6) is 0 Å². The van der Waals surface area contributed by atoms with E-state index in [1.165, 1.54) is 6.07 Å². The zero-order valence-corrected chi connectivity index (χ0v) is 12.4. The van der Waals surface area contributed by atoms with Crippen LogP contribution < -0.4 is 4.72 Å². The van der Waals surface area contributed by atoms with Gasteiger partial charge in [-0.15, -0.1) is 0 Å². The lowest BCUT2D eigenvalue weighted by atomic mass is 10.3. The van der Waals surface area contributed by atoms with Gasteiger partial charge in [0.1, 0.15) is 4.90 Å². The lowest BCUT2D eigenvalue weighted by Crippen LogP contribution is -2.26. The van der Waals surface area contributed by atoms with E-state index in [-0.39, 0.29) is 9.92 Å². The van der Waals surface area contributed by atoms with Crippen LogP contribution >= 0.6 is 27.5 Å². The van der Waals surface area contributed by atoms with E-state index in [0.29, 0.717) is 18.4 Å². The van der Waals surface area contributed by atoms with Gasteiger partial charge in [-0.3, -0.25) is 0 Å². The van der Waals surface area contributed by atoms with Gasteiger partial charge in [0.15, 0.2) is 0 Å². The maximum atomic E-state index is 12.0. The standard InChI is InChI=1S/C11H13BrClNO2S/c1-7-4-8(7)6-14-17(15,16)11-3-2-9(12)5-10(11)13/h2-3,5,7-8,14H,4,6H2,1H3. The van der Waals surface area contributed by atoms with Crippen molar-refractivity contribution in [1.29, 1.82) is 0 Å². The Hall–Kier alpha value is -0.100. The van der Waals surface area contributed by atoms with Crippen molar-refractivity contribution in [1.82, 2.24) is 4.72 Å². The highest BCUT2D eigenvalue weighted by Gasteiger charge is 2.33. The monoisotopic (exact) mass is 337 g/mol. The highest BCUT2D eigenvalue weighted by Crippen LogP contribution is 2.37. The summed E-state index contributed by atoms with van der Waals surface area (Å²) >= 11 is 9.17. The fraction of sp³-hybridized carbons (Fsp3) is 0.455. The molecule has 94 valence electrons. The van der Waals surface area contributed by atoms with Crippen molar-refractivity contribution in [3.63, 3.8) is 0 Å². The van der Waals surface area contributed by atoms with Crippen molar-refractivity contribution in [2.45, 2.75) is 18.2 Å². The molecule has 0 saturated heterocycles. The fourth-order valence-corrected chi connectivity index (χ4v) is 3.80. The molecule has 0 radical (unpaired) electrons. The molecule has 1 N–H and O–H groups in total. The van der Waals surface area contributed by atoms with Crippen LogP contribution in [0, 0.1) is 11.8 Å². The van der Waals surface area contributed by atoms with E-state index in [1.54, 1.807) is 12.1 Å². The molecule has 1 aliphatic rings. The molecule has 0 heterocycles. The SMILES string of the molecule is CC1CC1CNS(=O)(=O)c1ccc(Br)cc1Cl. The quantitative estimate of drug-likeness (QED) is 0.917. The summed E-state index contributed by atoms with van der Waals surface area (Å²) in [4.78, 5) is 0.135. The molecule has 1 saturated carbocycles. The number of halogens is 2. The predicted molar refractivity (Wildman–Crippen MR) is 71.6 cm³/mol. The Bertz CT molecular complexity index is 532. The molecule has 0 amide bonds. The van der Waals surface area contributed by atoms with Gasteiger partial charge in [0.2, 0.25) is 10.0 Å². The highest BCUT2D eigenvalue weighted by molar-refractivity contribution is 9.10. The first-order valence-corrected chi connectivity index (χ1v) is 8.00. The minimum absolute atomic E-state index is 0.135. The second-order valence-electron chi connectivity index (χ2n) is 4.40. The Morgan fingerprint density at radius 2 is 2.18 bits per heavy atom. The third kappa shape index (κ3) is 3.22. The van der Waals surface area contributed by atoms with E-state index < -0.39 is 10.0 Å². The molecule has 2 unspecified atom stereocenters. The molecular formula is C11H13BrClNO2S. The number of hydrogen-bond donors (Lipinski definition) is 1. The summed E-state index contributed by atoms with van der Waals surface area (Å²) in [5, 5.41) is 0.232. The molecule has 1 aromatic rings. The van der Waals surface area contributed by atoms with Crippen molar-refractivity contribution < 1.29 is 8.42 Å². The first kappa shape index (κ1) is 13.3. The van der Waals surface area contributed by atoms with Gasteiger partial charge in [-0.05, 0) is 36.5 Å². The third-order valence-corrected chi connectivity index (χ3v) is 5.39. The van der Waals surface area contributed by atoms with E-state index in [4.69, 9.17) is 11.6 Å².